The van der Waals surface area contributed by atoms with Crippen molar-refractivity contribution in [3.63, 3.8) is 0 Å². The lowest BCUT2D eigenvalue weighted by Gasteiger charge is -2.46. The number of imidazole rings is 1. The summed E-state index contributed by atoms with van der Waals surface area (Å²) >= 11 is 3.00. The molecule has 2 fully saturated rings. The van der Waals surface area contributed by atoms with Crippen molar-refractivity contribution in [2.45, 2.75) is 63.6 Å². The van der Waals surface area contributed by atoms with Gasteiger partial charge < -0.3 is 24.7 Å². The number of halogens is 1. The molecular formula is C27H34FN4O6S2+. The van der Waals surface area contributed by atoms with Crippen LogP contribution < -0.4 is 4.57 Å². The van der Waals surface area contributed by atoms with Crippen LogP contribution in [0.3, 0.4) is 0 Å². The summed E-state index contributed by atoms with van der Waals surface area (Å²) in [5.41, 5.74) is -0.0147. The van der Waals surface area contributed by atoms with E-state index in [0.29, 0.717) is 30.8 Å². The van der Waals surface area contributed by atoms with E-state index in [9.17, 15) is 29.0 Å². The number of aryl methyl sites for hydroxylation is 2. The normalized spacial score (nSPS) is 26.8. The number of thiazole rings is 1. The Kier molecular flexibility index (Phi) is 7.99. The van der Waals surface area contributed by atoms with Gasteiger partial charge in [0.1, 0.15) is 37.9 Å². The molecule has 6 atom stereocenters. The van der Waals surface area contributed by atoms with Gasteiger partial charge in [0.2, 0.25) is 10.7 Å². The molecule has 2 amide bonds. The summed E-state index contributed by atoms with van der Waals surface area (Å²) in [4.78, 5) is 43.7. The number of rotatable bonds is 10. The van der Waals surface area contributed by atoms with Crippen LogP contribution in [0.5, 0.6) is 0 Å². The fraction of sp³-hybridized carbons (Fsp3) is 0.556. The highest BCUT2D eigenvalue weighted by Gasteiger charge is 2.60. The van der Waals surface area contributed by atoms with Crippen molar-refractivity contribution in [3.05, 3.63) is 46.4 Å². The zero-order chi connectivity index (χ0) is 28.9. The molecule has 0 aliphatic carbocycles. The number of alkyl halides is 1. The number of hydrogen-bond donors (Lipinski definition) is 2. The number of carbonyl (C=O) groups is 3. The highest BCUT2D eigenvalue weighted by atomic mass is 32.2. The predicted octanol–water partition coefficient (Wildman–Crippen LogP) is 2.76. The van der Waals surface area contributed by atoms with Gasteiger partial charge in [-0.15, -0.1) is 11.8 Å². The van der Waals surface area contributed by atoms with E-state index in [4.69, 9.17) is 4.74 Å². The molecule has 13 heteroatoms. The van der Waals surface area contributed by atoms with Crippen molar-refractivity contribution in [3.8, 4) is 0 Å². The zero-order valence-corrected chi connectivity index (χ0v) is 24.3. The Balaban J connectivity index is 1.37. The lowest BCUT2D eigenvalue weighted by Crippen LogP contribution is -2.63. The number of carbonyl (C=O) groups excluding carboxylic acids is 2. The molecule has 10 nitrogen and oxygen atoms in total. The maximum Gasteiger partial charge on any atom is 0.410 e. The first-order valence-electron chi connectivity index (χ1n) is 13.3. The Bertz CT molecular complexity index is 1390. The number of carboxylic acid groups (broad SMARTS) is 1. The molecule has 2 aromatic rings. The van der Waals surface area contributed by atoms with E-state index >= 15 is 0 Å². The molecule has 216 valence electrons. The van der Waals surface area contributed by atoms with Crippen LogP contribution in [0.2, 0.25) is 0 Å². The minimum absolute atomic E-state index is 0.0147. The van der Waals surface area contributed by atoms with Gasteiger partial charge in [0.25, 0.3) is 5.82 Å². The number of nitrogens with zero attached hydrogens (tertiary/aromatic N) is 4. The molecule has 3 aliphatic heterocycles. The molecule has 3 aliphatic rings. The zero-order valence-electron chi connectivity index (χ0n) is 22.7. The van der Waals surface area contributed by atoms with Crippen molar-refractivity contribution in [2.75, 3.05) is 19.8 Å². The molecule has 0 aromatic carbocycles. The van der Waals surface area contributed by atoms with Crippen LogP contribution in [0, 0.1) is 18.8 Å². The molecule has 0 unspecified atom stereocenters. The number of aliphatic carboxylic acids is 1. The van der Waals surface area contributed by atoms with Crippen LogP contribution in [0.4, 0.5) is 9.18 Å². The highest BCUT2D eigenvalue weighted by molar-refractivity contribution is 8.03. The lowest BCUT2D eigenvalue weighted by molar-refractivity contribution is -0.701. The number of likely N-dealkylation sites (tertiary alicyclic amines) is 1. The van der Waals surface area contributed by atoms with Crippen LogP contribution in [0.1, 0.15) is 31.0 Å². The topological polar surface area (TPSA) is 116 Å². The molecule has 2 N–H and O–H groups in total. The predicted molar refractivity (Wildman–Crippen MR) is 148 cm³/mol. The number of amides is 2. The van der Waals surface area contributed by atoms with Crippen molar-refractivity contribution in [1.82, 2.24) is 14.2 Å². The first-order valence-corrected chi connectivity index (χ1v) is 15.0. The van der Waals surface area contributed by atoms with Gasteiger partial charge in [0.05, 0.1) is 22.9 Å². The average molecular weight is 594 g/mol. The van der Waals surface area contributed by atoms with E-state index in [0.717, 1.165) is 15.5 Å². The summed E-state index contributed by atoms with van der Waals surface area (Å²) in [5, 5.41) is 20.0. The second kappa shape index (κ2) is 11.2. The van der Waals surface area contributed by atoms with Crippen LogP contribution in [0.25, 0.3) is 4.83 Å². The molecule has 0 spiro atoms. The summed E-state index contributed by atoms with van der Waals surface area (Å²) < 4.78 is 22.2. The summed E-state index contributed by atoms with van der Waals surface area (Å²) in [6.07, 6.45) is 5.35. The highest BCUT2D eigenvalue weighted by Crippen LogP contribution is 2.52. The van der Waals surface area contributed by atoms with Crippen LogP contribution >= 0.6 is 23.1 Å². The summed E-state index contributed by atoms with van der Waals surface area (Å²) in [6.45, 7) is 9.32. The number of fused-ring (bicyclic) bond motifs is 2. The number of aliphatic hydroxyl groups excluding tert-OH is 1. The molecule has 0 radical (unpaired) electrons. The van der Waals surface area contributed by atoms with Gasteiger partial charge in [-0.3, -0.25) is 4.79 Å². The second-order valence-corrected chi connectivity index (χ2v) is 13.1. The Hall–Kier alpha value is -2.90. The molecule has 2 aromatic heterocycles. The number of β-lactam (4-membered cyclic amide) rings is 1. The largest absolute Gasteiger partial charge is 0.477 e. The van der Waals surface area contributed by atoms with Crippen molar-refractivity contribution in [1.29, 1.82) is 0 Å². The molecule has 0 saturated carbocycles. The lowest BCUT2D eigenvalue weighted by atomic mass is 9.79. The van der Waals surface area contributed by atoms with Gasteiger partial charge in [-0.2, -0.15) is 4.40 Å². The van der Waals surface area contributed by atoms with E-state index < -0.39 is 30.8 Å². The van der Waals surface area contributed by atoms with Gasteiger partial charge >= 0.3 is 12.1 Å². The number of aromatic nitrogens is 2. The maximum atomic E-state index is 13.0. The summed E-state index contributed by atoms with van der Waals surface area (Å²) in [6, 6.07) is -0.559. The van der Waals surface area contributed by atoms with Gasteiger partial charge in [-0.1, -0.05) is 30.9 Å². The third-order valence-corrected chi connectivity index (χ3v) is 10.6. The Morgan fingerprint density at radius 1 is 1.43 bits per heavy atom. The second-order valence-electron chi connectivity index (χ2n) is 10.6. The van der Waals surface area contributed by atoms with E-state index in [1.807, 2.05) is 35.2 Å². The van der Waals surface area contributed by atoms with Gasteiger partial charge in [0, 0.05) is 42.0 Å². The first kappa shape index (κ1) is 28.6. The standard InChI is InChI=1S/C27H33FN4O6S2/c1-5-8-38-27(37)31-12-19(10-17(31)9-18-11-30-16(4)29(7-6-28)13-20(30)39-18)40-24-14(2)22-21(15(3)33)25(34)32(22)23(24)26(35)36/h5,11,13-15,17,19,21-22,33H,1,6-10,12H2,2-4H3/p+1/t14-,15-,17-,19+,21-,22-/m1/s1. The van der Waals surface area contributed by atoms with E-state index in [2.05, 4.69) is 6.58 Å². The minimum Gasteiger partial charge on any atom is -0.477 e. The van der Waals surface area contributed by atoms with Crippen molar-refractivity contribution < 1.29 is 38.3 Å². The fourth-order valence-electron chi connectivity index (χ4n) is 6.22. The van der Waals surface area contributed by atoms with Crippen LogP contribution in [0.15, 0.2) is 35.7 Å². The number of ether oxygens (including phenoxy) is 1. The number of hydrogen-bond acceptors (Lipinski definition) is 7. The molecule has 5 heterocycles. The van der Waals surface area contributed by atoms with E-state index in [1.54, 1.807) is 23.2 Å². The first-order chi connectivity index (χ1) is 19.1. The van der Waals surface area contributed by atoms with Gasteiger partial charge in [0.15, 0.2) is 0 Å². The third-order valence-electron chi connectivity index (χ3n) is 8.08. The van der Waals surface area contributed by atoms with Crippen LogP contribution in [-0.4, -0.2) is 85.6 Å². The van der Waals surface area contributed by atoms with Gasteiger partial charge in [-0.05, 0) is 13.3 Å². The average Bonchev–Trinajstić information content (AvgIpc) is 3.61. The summed E-state index contributed by atoms with van der Waals surface area (Å²) in [5.74, 6) is -1.47. The molecule has 5 rings (SSSR count). The number of carboxylic acids is 1. The monoisotopic (exact) mass is 593 g/mol. The van der Waals surface area contributed by atoms with E-state index in [-0.39, 0.29) is 41.5 Å². The fourth-order valence-corrected chi connectivity index (χ4v) is 8.95. The van der Waals surface area contributed by atoms with Gasteiger partial charge in [-0.25, -0.2) is 18.5 Å². The molecule has 2 saturated heterocycles. The van der Waals surface area contributed by atoms with E-state index in [1.165, 1.54) is 22.7 Å². The Labute approximate surface area is 239 Å². The quantitative estimate of drug-likeness (QED) is 0.247. The molecule has 40 heavy (non-hydrogen) atoms. The van der Waals surface area contributed by atoms with Crippen molar-refractivity contribution >= 4 is 45.9 Å². The maximum absolute atomic E-state index is 13.0. The minimum atomic E-state index is -1.17. The Morgan fingerprint density at radius 3 is 2.80 bits per heavy atom. The van der Waals surface area contributed by atoms with Crippen LogP contribution in [-0.2, 0) is 27.3 Å². The smallest absolute Gasteiger partial charge is 0.410 e. The number of aliphatic hydroxyl groups is 1. The summed E-state index contributed by atoms with van der Waals surface area (Å²) in [7, 11) is 0. The molecular weight excluding hydrogens is 559 g/mol. The third kappa shape index (κ3) is 4.81. The molecule has 0 bridgehead atoms. The number of thioether (sulfide) groups is 1. The Morgan fingerprint density at radius 2 is 2.17 bits per heavy atom. The van der Waals surface area contributed by atoms with Crippen molar-refractivity contribution in [2.24, 2.45) is 11.8 Å². The SMILES string of the molecule is C=CCOC(=O)N1C[C@@H](SC2=C(C(=O)O)N3C(=O)[C@H]([C@@H](C)O)[C@H]3[C@H]2C)C[C@H]1Cc1cn2c(C)[n+](CCF)cc2s1.